The molecule has 29 heavy (non-hydrogen) atoms. The number of rotatable bonds is 4. The van der Waals surface area contributed by atoms with Crippen molar-refractivity contribution in [3.8, 4) is 0 Å². The number of benzene rings is 1. The number of hydrogen-bond acceptors (Lipinski definition) is 3. The van der Waals surface area contributed by atoms with E-state index in [2.05, 4.69) is 5.32 Å². The fourth-order valence-corrected chi connectivity index (χ4v) is 3.89. The summed E-state index contributed by atoms with van der Waals surface area (Å²) in [6.07, 6.45) is -4.58. The van der Waals surface area contributed by atoms with Crippen molar-refractivity contribution in [3.05, 3.63) is 46.8 Å². The minimum absolute atomic E-state index is 0.148. The molecule has 1 fully saturated rings. The molecule has 1 aromatic heterocycles. The zero-order valence-corrected chi connectivity index (χ0v) is 17.1. The fraction of sp³-hybridized carbons (Fsp3) is 0.476. The molecule has 1 aromatic carbocycles. The highest BCUT2D eigenvalue weighted by Gasteiger charge is 2.35. The summed E-state index contributed by atoms with van der Waals surface area (Å²) >= 11 is 0. The van der Waals surface area contributed by atoms with Gasteiger partial charge in [-0.05, 0) is 52.0 Å². The van der Waals surface area contributed by atoms with Crippen molar-refractivity contribution in [1.29, 1.82) is 0 Å². The molecule has 1 aliphatic rings. The molecule has 0 bridgehead atoms. The third kappa shape index (κ3) is 4.42. The summed E-state index contributed by atoms with van der Waals surface area (Å²) < 4.78 is 48.4. The van der Waals surface area contributed by atoms with E-state index in [1.54, 1.807) is 19.1 Å². The summed E-state index contributed by atoms with van der Waals surface area (Å²) in [7, 11) is 0. The first-order valence-electron chi connectivity index (χ1n) is 9.63. The third-order valence-corrected chi connectivity index (χ3v) is 5.18. The third-order valence-electron chi connectivity index (χ3n) is 5.18. The number of carbonyl (C=O) groups is 1. The number of aryl methyl sites for hydroxylation is 1. The van der Waals surface area contributed by atoms with E-state index >= 15 is 0 Å². The first-order valence-corrected chi connectivity index (χ1v) is 9.63. The number of nitrogens with zero attached hydrogens (tertiary/aromatic N) is 2. The Balaban J connectivity index is 1.92. The molecule has 1 N–H and O–H groups in total. The van der Waals surface area contributed by atoms with Gasteiger partial charge in [0.2, 0.25) is 0 Å². The standard InChI is InChI=1S/C21H26F3N3O2/c1-13(2)27-14(3)11-17(15(27)4)20(28)25-19-6-5-16(12-18(19)21(22,23)24)26-7-9-29-10-8-26/h5-6,11-13H,7-10H2,1-4H3,(H,25,28). The zero-order chi connectivity index (χ0) is 21.3. The van der Waals surface area contributed by atoms with E-state index in [9.17, 15) is 18.0 Å². The predicted octanol–water partition coefficient (Wildman–Crippen LogP) is 4.79. The number of anilines is 2. The molecule has 3 rings (SSSR count). The quantitative estimate of drug-likeness (QED) is 0.790. The Kier molecular flexibility index (Phi) is 5.93. The largest absolute Gasteiger partial charge is 0.418 e. The molecule has 1 aliphatic heterocycles. The minimum Gasteiger partial charge on any atom is -0.378 e. The van der Waals surface area contributed by atoms with Crippen LogP contribution in [0.15, 0.2) is 24.3 Å². The van der Waals surface area contributed by atoms with Gasteiger partial charge in [0.15, 0.2) is 0 Å². The molecule has 0 atom stereocenters. The normalized spacial score (nSPS) is 15.1. The van der Waals surface area contributed by atoms with Crippen molar-refractivity contribution in [1.82, 2.24) is 4.57 Å². The number of carbonyl (C=O) groups excluding carboxylic acids is 1. The Bertz CT molecular complexity index is 897. The molecule has 1 amide bonds. The lowest BCUT2D eigenvalue weighted by atomic mass is 10.1. The van der Waals surface area contributed by atoms with Gasteiger partial charge in [-0.25, -0.2) is 0 Å². The number of halogens is 3. The van der Waals surface area contributed by atoms with Crippen LogP contribution in [0.1, 0.15) is 47.2 Å². The Hall–Kier alpha value is -2.48. The minimum atomic E-state index is -4.58. The molecule has 0 aliphatic carbocycles. The number of aromatic nitrogens is 1. The first kappa shape index (κ1) is 21.2. The average Bonchev–Trinajstić information content (AvgIpc) is 2.96. The van der Waals surface area contributed by atoms with Gasteiger partial charge in [-0.15, -0.1) is 0 Å². The lowest BCUT2D eigenvalue weighted by Gasteiger charge is -2.29. The van der Waals surface area contributed by atoms with Crippen LogP contribution >= 0.6 is 0 Å². The van der Waals surface area contributed by atoms with Crippen molar-refractivity contribution in [2.24, 2.45) is 0 Å². The Morgan fingerprint density at radius 1 is 1.14 bits per heavy atom. The Morgan fingerprint density at radius 3 is 2.34 bits per heavy atom. The van der Waals surface area contributed by atoms with Crippen molar-refractivity contribution in [2.45, 2.75) is 39.9 Å². The molecule has 8 heteroatoms. The number of hydrogen-bond donors (Lipinski definition) is 1. The highest BCUT2D eigenvalue weighted by atomic mass is 19.4. The van der Waals surface area contributed by atoms with Crippen LogP contribution in [-0.2, 0) is 10.9 Å². The monoisotopic (exact) mass is 409 g/mol. The van der Waals surface area contributed by atoms with Gasteiger partial charge in [-0.1, -0.05) is 0 Å². The molecular weight excluding hydrogens is 383 g/mol. The highest BCUT2D eigenvalue weighted by Crippen LogP contribution is 2.38. The molecule has 0 radical (unpaired) electrons. The van der Waals surface area contributed by atoms with Crippen LogP contribution in [0.4, 0.5) is 24.5 Å². The predicted molar refractivity (Wildman–Crippen MR) is 107 cm³/mol. The highest BCUT2D eigenvalue weighted by molar-refractivity contribution is 6.05. The van der Waals surface area contributed by atoms with Gasteiger partial charge >= 0.3 is 6.18 Å². The number of alkyl halides is 3. The van der Waals surface area contributed by atoms with Crippen molar-refractivity contribution >= 4 is 17.3 Å². The maximum absolute atomic E-state index is 13.7. The summed E-state index contributed by atoms with van der Waals surface area (Å²) in [4.78, 5) is 14.6. The van der Waals surface area contributed by atoms with Gasteiger partial charge < -0.3 is 19.5 Å². The Labute approximate surface area is 168 Å². The molecular formula is C21H26F3N3O2. The van der Waals surface area contributed by atoms with Crippen LogP contribution < -0.4 is 10.2 Å². The van der Waals surface area contributed by atoms with Crippen LogP contribution in [-0.4, -0.2) is 36.8 Å². The van der Waals surface area contributed by atoms with Crippen molar-refractivity contribution < 1.29 is 22.7 Å². The Morgan fingerprint density at radius 2 is 1.79 bits per heavy atom. The van der Waals surface area contributed by atoms with E-state index < -0.39 is 17.6 Å². The van der Waals surface area contributed by atoms with Crippen LogP contribution in [0.5, 0.6) is 0 Å². The van der Waals surface area contributed by atoms with Crippen LogP contribution in [0.3, 0.4) is 0 Å². The van der Waals surface area contributed by atoms with Gasteiger partial charge in [0.05, 0.1) is 30.0 Å². The van der Waals surface area contributed by atoms with Gasteiger partial charge in [0, 0.05) is 36.2 Å². The smallest absolute Gasteiger partial charge is 0.378 e. The summed E-state index contributed by atoms with van der Waals surface area (Å²) in [5.41, 5.74) is 1.37. The number of ether oxygens (including phenoxy) is 1. The maximum atomic E-state index is 13.7. The van der Waals surface area contributed by atoms with E-state index in [1.807, 2.05) is 30.2 Å². The topological polar surface area (TPSA) is 46.5 Å². The van der Waals surface area contributed by atoms with Gasteiger partial charge in [-0.2, -0.15) is 13.2 Å². The average molecular weight is 409 g/mol. The summed E-state index contributed by atoms with van der Waals surface area (Å²) in [5.74, 6) is -0.547. The molecule has 5 nitrogen and oxygen atoms in total. The van der Waals surface area contributed by atoms with E-state index in [0.29, 0.717) is 37.6 Å². The number of morpholine rings is 1. The van der Waals surface area contributed by atoms with E-state index in [4.69, 9.17) is 4.74 Å². The second-order valence-electron chi connectivity index (χ2n) is 7.53. The summed E-state index contributed by atoms with van der Waals surface area (Å²) in [6.45, 7) is 9.68. The van der Waals surface area contributed by atoms with E-state index in [-0.39, 0.29) is 11.7 Å². The maximum Gasteiger partial charge on any atom is 0.418 e. The lowest BCUT2D eigenvalue weighted by Crippen LogP contribution is -2.36. The van der Waals surface area contributed by atoms with Crippen LogP contribution in [0.25, 0.3) is 0 Å². The molecule has 0 spiro atoms. The van der Waals surface area contributed by atoms with Crippen molar-refractivity contribution in [3.63, 3.8) is 0 Å². The molecule has 0 saturated carbocycles. The SMILES string of the molecule is Cc1cc(C(=O)Nc2ccc(N3CCOCC3)cc2C(F)(F)F)c(C)n1C(C)C. The molecule has 2 heterocycles. The molecule has 2 aromatic rings. The van der Waals surface area contributed by atoms with Gasteiger partial charge in [0.1, 0.15) is 0 Å². The zero-order valence-electron chi connectivity index (χ0n) is 17.1. The second-order valence-corrected chi connectivity index (χ2v) is 7.53. The number of amides is 1. The van der Waals surface area contributed by atoms with Gasteiger partial charge in [-0.3, -0.25) is 4.79 Å². The molecule has 158 valence electrons. The summed E-state index contributed by atoms with van der Waals surface area (Å²) in [6, 6.07) is 5.88. The van der Waals surface area contributed by atoms with Crippen molar-refractivity contribution in [2.75, 3.05) is 36.5 Å². The second kappa shape index (κ2) is 8.10. The van der Waals surface area contributed by atoms with Gasteiger partial charge in [0.25, 0.3) is 5.91 Å². The van der Waals surface area contributed by atoms with Crippen LogP contribution in [0.2, 0.25) is 0 Å². The molecule has 1 saturated heterocycles. The van der Waals surface area contributed by atoms with E-state index in [1.165, 1.54) is 6.07 Å². The fourth-order valence-electron chi connectivity index (χ4n) is 3.89. The number of nitrogens with one attached hydrogen (secondary N) is 1. The molecule has 0 unspecified atom stereocenters. The van der Waals surface area contributed by atoms with E-state index in [0.717, 1.165) is 17.5 Å². The summed E-state index contributed by atoms with van der Waals surface area (Å²) in [5, 5.41) is 2.47. The van der Waals surface area contributed by atoms with Crippen LogP contribution in [0, 0.1) is 13.8 Å². The lowest BCUT2D eigenvalue weighted by molar-refractivity contribution is -0.136. The first-order chi connectivity index (χ1) is 13.6.